The second-order valence-electron chi connectivity index (χ2n) is 7.09. The summed E-state index contributed by atoms with van der Waals surface area (Å²) in [5.41, 5.74) is 1.82. The van der Waals surface area contributed by atoms with Crippen molar-refractivity contribution in [3.05, 3.63) is 77.3 Å². The van der Waals surface area contributed by atoms with E-state index in [4.69, 9.17) is 9.47 Å². The molecule has 7 heteroatoms. The molecular formula is C25H22N2O4S. The van der Waals surface area contributed by atoms with E-state index in [9.17, 15) is 9.59 Å². The molecule has 1 aromatic heterocycles. The number of benzene rings is 3. The van der Waals surface area contributed by atoms with Gasteiger partial charge >= 0.3 is 5.97 Å². The Balaban J connectivity index is 1.22. The van der Waals surface area contributed by atoms with Crippen LogP contribution in [0.15, 0.2) is 66.7 Å². The zero-order valence-corrected chi connectivity index (χ0v) is 18.4. The maximum atomic E-state index is 11.9. The van der Waals surface area contributed by atoms with Crippen LogP contribution in [0.2, 0.25) is 0 Å². The van der Waals surface area contributed by atoms with Gasteiger partial charge in [0.2, 0.25) is 0 Å². The molecule has 0 bridgehead atoms. The standard InChI is InChI=1S/C25H22N2O4S/c1-30-20-10-9-18-14-17(6-8-19(18)15-20)7-11-25(29)31-16-23(28)26-13-12-24-27-21-4-2-3-5-22(21)32-24/h2-11,14-15H,12-13,16H2,1H3,(H,26,28)/b11-7+. The first-order valence-electron chi connectivity index (χ1n) is 10.1. The Morgan fingerprint density at radius 2 is 1.88 bits per heavy atom. The normalized spacial score (nSPS) is 11.2. The molecule has 4 rings (SSSR count). The first kappa shape index (κ1) is 21.5. The molecule has 0 fully saturated rings. The second kappa shape index (κ2) is 10.1. The van der Waals surface area contributed by atoms with Gasteiger partial charge in [-0.05, 0) is 52.7 Å². The molecule has 3 aromatic carbocycles. The molecule has 162 valence electrons. The fraction of sp³-hybridized carbons (Fsp3) is 0.160. The molecule has 0 unspecified atom stereocenters. The minimum Gasteiger partial charge on any atom is -0.497 e. The summed E-state index contributed by atoms with van der Waals surface area (Å²) in [7, 11) is 1.63. The number of rotatable bonds is 8. The van der Waals surface area contributed by atoms with E-state index in [0.29, 0.717) is 13.0 Å². The van der Waals surface area contributed by atoms with Crippen molar-refractivity contribution in [2.75, 3.05) is 20.3 Å². The number of methoxy groups -OCH3 is 1. The second-order valence-corrected chi connectivity index (χ2v) is 8.20. The summed E-state index contributed by atoms with van der Waals surface area (Å²) in [5.74, 6) is -0.114. The van der Waals surface area contributed by atoms with Crippen molar-refractivity contribution in [1.29, 1.82) is 0 Å². The molecule has 0 atom stereocenters. The van der Waals surface area contributed by atoms with Crippen LogP contribution in [0.4, 0.5) is 0 Å². The van der Waals surface area contributed by atoms with Crippen molar-refractivity contribution in [3.8, 4) is 5.75 Å². The van der Waals surface area contributed by atoms with Crippen molar-refractivity contribution >= 4 is 50.3 Å². The van der Waals surface area contributed by atoms with Crippen molar-refractivity contribution in [2.24, 2.45) is 0 Å². The van der Waals surface area contributed by atoms with Crippen molar-refractivity contribution < 1.29 is 19.1 Å². The smallest absolute Gasteiger partial charge is 0.331 e. The molecule has 4 aromatic rings. The first-order chi connectivity index (χ1) is 15.6. The molecule has 32 heavy (non-hydrogen) atoms. The Morgan fingerprint density at radius 1 is 1.06 bits per heavy atom. The van der Waals surface area contributed by atoms with Crippen LogP contribution in [0, 0.1) is 0 Å². The number of fused-ring (bicyclic) bond motifs is 2. The highest BCUT2D eigenvalue weighted by molar-refractivity contribution is 7.18. The molecule has 0 spiro atoms. The molecule has 6 nitrogen and oxygen atoms in total. The van der Waals surface area contributed by atoms with Crippen LogP contribution in [-0.2, 0) is 20.7 Å². The highest BCUT2D eigenvalue weighted by atomic mass is 32.1. The van der Waals surface area contributed by atoms with Gasteiger partial charge in [0.1, 0.15) is 5.75 Å². The van der Waals surface area contributed by atoms with E-state index < -0.39 is 5.97 Å². The Bertz CT molecular complexity index is 1260. The van der Waals surface area contributed by atoms with Crippen molar-refractivity contribution in [2.45, 2.75) is 6.42 Å². The van der Waals surface area contributed by atoms with Gasteiger partial charge in [0, 0.05) is 19.0 Å². The predicted molar refractivity (Wildman–Crippen MR) is 127 cm³/mol. The Morgan fingerprint density at radius 3 is 2.72 bits per heavy atom. The number of nitrogens with one attached hydrogen (secondary N) is 1. The fourth-order valence-corrected chi connectivity index (χ4v) is 4.18. The molecule has 1 heterocycles. The SMILES string of the molecule is COc1ccc2cc(/C=C/C(=O)OCC(=O)NCCc3nc4ccccc4s3)ccc2c1. The van der Waals surface area contributed by atoms with Crippen LogP contribution in [0.1, 0.15) is 10.6 Å². The number of thiazole rings is 1. The van der Waals surface area contributed by atoms with Crippen LogP contribution in [0.25, 0.3) is 27.1 Å². The number of amides is 1. The molecule has 0 aliphatic carbocycles. The van der Waals surface area contributed by atoms with Crippen LogP contribution in [0.5, 0.6) is 5.75 Å². The lowest BCUT2D eigenvalue weighted by Gasteiger charge is -2.04. The van der Waals surface area contributed by atoms with Crippen LogP contribution < -0.4 is 10.1 Å². The van der Waals surface area contributed by atoms with Gasteiger partial charge in [-0.3, -0.25) is 4.79 Å². The van der Waals surface area contributed by atoms with E-state index in [2.05, 4.69) is 10.3 Å². The van der Waals surface area contributed by atoms with Gasteiger partial charge in [-0.1, -0.05) is 30.3 Å². The molecule has 1 amide bonds. The van der Waals surface area contributed by atoms with Crippen LogP contribution >= 0.6 is 11.3 Å². The van der Waals surface area contributed by atoms with Crippen molar-refractivity contribution in [1.82, 2.24) is 10.3 Å². The van der Waals surface area contributed by atoms with E-state index >= 15 is 0 Å². The lowest BCUT2D eigenvalue weighted by atomic mass is 10.1. The van der Waals surface area contributed by atoms with E-state index in [0.717, 1.165) is 37.3 Å². The minimum atomic E-state index is -0.568. The van der Waals surface area contributed by atoms with Gasteiger partial charge in [0.05, 0.1) is 22.3 Å². The number of para-hydroxylation sites is 1. The number of carbonyl (C=O) groups excluding carboxylic acids is 2. The maximum absolute atomic E-state index is 11.9. The first-order valence-corrected chi connectivity index (χ1v) is 11.0. The van der Waals surface area contributed by atoms with E-state index in [1.54, 1.807) is 24.5 Å². The molecule has 0 aliphatic rings. The van der Waals surface area contributed by atoms with Gasteiger partial charge in [0.25, 0.3) is 5.91 Å². The van der Waals surface area contributed by atoms with E-state index in [1.165, 1.54) is 6.08 Å². The molecule has 0 saturated carbocycles. The van der Waals surface area contributed by atoms with Crippen molar-refractivity contribution in [3.63, 3.8) is 0 Å². The summed E-state index contributed by atoms with van der Waals surface area (Å²) in [4.78, 5) is 28.4. The number of nitrogens with zero attached hydrogens (tertiary/aromatic N) is 1. The number of ether oxygens (including phenoxy) is 2. The average Bonchev–Trinajstić information content (AvgIpc) is 3.23. The number of hydrogen-bond donors (Lipinski definition) is 1. The van der Waals surface area contributed by atoms with E-state index in [1.807, 2.05) is 60.7 Å². The zero-order valence-electron chi connectivity index (χ0n) is 17.5. The van der Waals surface area contributed by atoms with Gasteiger partial charge in [-0.15, -0.1) is 11.3 Å². The summed E-state index contributed by atoms with van der Waals surface area (Å²) in [6, 6.07) is 19.6. The summed E-state index contributed by atoms with van der Waals surface area (Å²) in [6.07, 6.45) is 3.61. The van der Waals surface area contributed by atoms with Gasteiger partial charge in [0.15, 0.2) is 6.61 Å². The van der Waals surface area contributed by atoms with E-state index in [-0.39, 0.29) is 12.5 Å². The maximum Gasteiger partial charge on any atom is 0.331 e. The molecular weight excluding hydrogens is 424 g/mol. The Labute approximate surface area is 189 Å². The highest BCUT2D eigenvalue weighted by Gasteiger charge is 2.07. The number of esters is 1. The third-order valence-corrected chi connectivity index (χ3v) is 5.92. The number of hydrogen-bond acceptors (Lipinski definition) is 6. The molecule has 1 N–H and O–H groups in total. The zero-order chi connectivity index (χ0) is 22.3. The Hall–Kier alpha value is -3.71. The fourth-order valence-electron chi connectivity index (χ4n) is 3.21. The van der Waals surface area contributed by atoms with Crippen LogP contribution in [-0.4, -0.2) is 37.1 Å². The number of carbonyl (C=O) groups is 2. The van der Waals surface area contributed by atoms with Crippen LogP contribution in [0.3, 0.4) is 0 Å². The highest BCUT2D eigenvalue weighted by Crippen LogP contribution is 2.23. The Kier molecular flexibility index (Phi) is 6.77. The van der Waals surface area contributed by atoms with Gasteiger partial charge in [-0.25, -0.2) is 9.78 Å². The largest absolute Gasteiger partial charge is 0.497 e. The van der Waals surface area contributed by atoms with Gasteiger partial charge in [-0.2, -0.15) is 0 Å². The quantitative estimate of drug-likeness (QED) is 0.321. The summed E-state index contributed by atoms with van der Waals surface area (Å²) >= 11 is 1.61. The third kappa shape index (κ3) is 5.50. The minimum absolute atomic E-state index is 0.319. The predicted octanol–water partition coefficient (Wildman–Crippen LogP) is 4.37. The lowest BCUT2D eigenvalue weighted by Crippen LogP contribution is -2.30. The monoisotopic (exact) mass is 446 g/mol. The summed E-state index contributed by atoms with van der Waals surface area (Å²) in [6.45, 7) is 0.119. The molecule has 0 saturated heterocycles. The number of aromatic nitrogens is 1. The molecule has 0 radical (unpaired) electrons. The van der Waals surface area contributed by atoms with Gasteiger partial charge < -0.3 is 14.8 Å². The third-order valence-electron chi connectivity index (χ3n) is 4.83. The molecule has 0 aliphatic heterocycles. The summed E-state index contributed by atoms with van der Waals surface area (Å²) in [5, 5.41) is 5.79. The topological polar surface area (TPSA) is 77.5 Å². The average molecular weight is 447 g/mol. The summed E-state index contributed by atoms with van der Waals surface area (Å²) < 4.78 is 11.4. The lowest BCUT2D eigenvalue weighted by molar-refractivity contribution is -0.143.